The summed E-state index contributed by atoms with van der Waals surface area (Å²) in [5.41, 5.74) is -2.17. The van der Waals surface area contributed by atoms with Gasteiger partial charge < -0.3 is 9.47 Å². The topological polar surface area (TPSA) is 79.7 Å². The van der Waals surface area contributed by atoms with Gasteiger partial charge in [0.15, 0.2) is 5.90 Å². The molecule has 14 heteroatoms. The van der Waals surface area contributed by atoms with E-state index < -0.39 is 44.5 Å². The Kier molecular flexibility index (Phi) is 8.84. The highest BCUT2D eigenvalue weighted by atomic mass is 35.5. The third kappa shape index (κ3) is 6.84. The minimum absolute atomic E-state index is 0.0252. The minimum atomic E-state index is -4.79. The van der Waals surface area contributed by atoms with E-state index >= 15 is 0 Å². The lowest BCUT2D eigenvalue weighted by atomic mass is 10.0. The number of benzene rings is 3. The largest absolute Gasteiger partial charge is 0.486 e. The molecule has 6 nitrogen and oxygen atoms in total. The second-order valence-corrected chi connectivity index (χ2v) is 11.5. The maximum absolute atomic E-state index is 13.7. The van der Waals surface area contributed by atoms with Crippen molar-refractivity contribution in [2.24, 2.45) is 0 Å². The SMILES string of the molecule is COC(=N)CC[C@H]1CN(S(=O)(=O)c2cccc(C(F)(F)F)c2)c2cc(/C=C/c3c(Cl)cccc3C(F)(F)F)ccc2O1. The van der Waals surface area contributed by atoms with E-state index in [-0.39, 0.29) is 52.9 Å². The zero-order chi connectivity index (χ0) is 30.9. The highest BCUT2D eigenvalue weighted by molar-refractivity contribution is 7.92. The van der Waals surface area contributed by atoms with Crippen molar-refractivity contribution in [3.05, 3.63) is 87.9 Å². The molecule has 1 aliphatic heterocycles. The van der Waals surface area contributed by atoms with Gasteiger partial charge in [-0.1, -0.05) is 42.0 Å². The van der Waals surface area contributed by atoms with Crippen LogP contribution in [0, 0.1) is 5.41 Å². The number of sulfonamides is 1. The molecule has 0 aliphatic carbocycles. The van der Waals surface area contributed by atoms with Crippen molar-refractivity contribution >= 4 is 45.4 Å². The smallest absolute Gasteiger partial charge is 0.417 e. The van der Waals surface area contributed by atoms with E-state index in [4.69, 9.17) is 26.5 Å². The molecule has 0 fully saturated rings. The summed E-state index contributed by atoms with van der Waals surface area (Å²) in [6, 6.07) is 10.9. The summed E-state index contributed by atoms with van der Waals surface area (Å²) in [7, 11) is -3.27. The van der Waals surface area contributed by atoms with Crippen molar-refractivity contribution in [2.45, 2.75) is 36.2 Å². The fourth-order valence-corrected chi connectivity index (χ4v) is 6.08. The molecule has 0 bridgehead atoms. The fourth-order valence-electron chi connectivity index (χ4n) is 4.30. The number of ether oxygens (including phenoxy) is 2. The number of methoxy groups -OCH3 is 1. The quantitative estimate of drug-likeness (QED) is 0.124. The third-order valence-corrected chi connectivity index (χ3v) is 8.51. The van der Waals surface area contributed by atoms with Crippen LogP contribution in [-0.2, 0) is 27.1 Å². The average Bonchev–Trinajstić information content (AvgIpc) is 2.93. The number of anilines is 1. The summed E-state index contributed by atoms with van der Waals surface area (Å²) in [4.78, 5) is -0.611. The van der Waals surface area contributed by atoms with E-state index in [2.05, 4.69) is 0 Å². The van der Waals surface area contributed by atoms with E-state index in [0.29, 0.717) is 6.07 Å². The van der Waals surface area contributed by atoms with Crippen LogP contribution in [0.5, 0.6) is 5.75 Å². The monoisotopic (exact) mass is 632 g/mol. The number of halogens is 7. The Morgan fingerprint density at radius 1 is 1.05 bits per heavy atom. The van der Waals surface area contributed by atoms with E-state index in [1.807, 2.05) is 0 Å². The Hall–Kier alpha value is -3.71. The Balaban J connectivity index is 1.77. The van der Waals surface area contributed by atoms with Crippen molar-refractivity contribution < 1.29 is 44.2 Å². The van der Waals surface area contributed by atoms with E-state index in [1.54, 1.807) is 0 Å². The first kappa shape index (κ1) is 31.2. The molecule has 1 heterocycles. The van der Waals surface area contributed by atoms with Crippen LogP contribution in [0.4, 0.5) is 32.0 Å². The van der Waals surface area contributed by atoms with Gasteiger partial charge in [0.25, 0.3) is 10.0 Å². The fraction of sp³-hybridized carbons (Fsp3) is 0.250. The molecule has 42 heavy (non-hydrogen) atoms. The van der Waals surface area contributed by atoms with E-state index in [9.17, 15) is 34.8 Å². The summed E-state index contributed by atoms with van der Waals surface area (Å²) in [5.74, 6) is 0.00610. The molecular formula is C28H23ClF6N2O4S. The molecule has 0 aromatic heterocycles. The number of fused-ring (bicyclic) bond motifs is 1. The molecule has 1 aliphatic rings. The van der Waals surface area contributed by atoms with E-state index in [0.717, 1.165) is 34.6 Å². The zero-order valence-electron chi connectivity index (χ0n) is 21.8. The molecule has 1 N–H and O–H groups in total. The zero-order valence-corrected chi connectivity index (χ0v) is 23.3. The molecule has 4 rings (SSSR count). The molecule has 0 saturated carbocycles. The second-order valence-electron chi connectivity index (χ2n) is 9.23. The standard InChI is InChI=1S/C28H23ClF6N2O4S/c1-40-26(36)13-10-19-16-37(42(38,39)20-5-2-4-18(15-20)27(30,31)32)24-14-17(9-12-25(24)41-19)8-11-21-22(28(33,34)35)6-3-7-23(21)29/h2-9,11-12,14-15,19,36H,10,13,16H2,1H3/b11-8+,36-26?/t19-/m0/s1. The summed E-state index contributed by atoms with van der Waals surface area (Å²) in [6.45, 7) is -0.307. The highest BCUT2D eigenvalue weighted by Gasteiger charge is 2.37. The number of alkyl halides is 6. The molecule has 0 spiro atoms. The van der Waals surface area contributed by atoms with Gasteiger partial charge in [0.1, 0.15) is 11.9 Å². The number of hydrogen-bond acceptors (Lipinski definition) is 5. The molecule has 0 amide bonds. The molecule has 224 valence electrons. The van der Waals surface area contributed by atoms with Crippen LogP contribution in [0.3, 0.4) is 0 Å². The van der Waals surface area contributed by atoms with Gasteiger partial charge in [-0.05, 0) is 54.4 Å². The normalized spacial score (nSPS) is 15.8. The van der Waals surface area contributed by atoms with Crippen molar-refractivity contribution in [1.82, 2.24) is 0 Å². The molecular weight excluding hydrogens is 610 g/mol. The Morgan fingerprint density at radius 2 is 1.76 bits per heavy atom. The predicted octanol–water partition coefficient (Wildman–Crippen LogP) is 7.91. The maximum atomic E-state index is 13.7. The van der Waals surface area contributed by atoms with Crippen molar-refractivity contribution in [2.75, 3.05) is 18.0 Å². The van der Waals surface area contributed by atoms with Gasteiger partial charge in [-0.2, -0.15) is 26.3 Å². The van der Waals surface area contributed by atoms with Crippen LogP contribution in [-0.4, -0.2) is 34.1 Å². The summed E-state index contributed by atoms with van der Waals surface area (Å²) >= 11 is 6.03. The number of hydrogen-bond donors (Lipinski definition) is 1. The van der Waals surface area contributed by atoms with Crippen LogP contribution in [0.1, 0.15) is 35.1 Å². The maximum Gasteiger partial charge on any atom is 0.417 e. The minimum Gasteiger partial charge on any atom is -0.486 e. The third-order valence-electron chi connectivity index (χ3n) is 6.40. The van der Waals surface area contributed by atoms with Gasteiger partial charge in [0.2, 0.25) is 0 Å². The molecule has 0 radical (unpaired) electrons. The van der Waals surface area contributed by atoms with Gasteiger partial charge in [-0.3, -0.25) is 9.71 Å². The summed E-state index contributed by atoms with van der Waals surface area (Å²) in [6.07, 6.45) is -7.54. The predicted molar refractivity (Wildman–Crippen MR) is 146 cm³/mol. The van der Waals surface area contributed by atoms with Gasteiger partial charge in [0.05, 0.1) is 35.4 Å². The van der Waals surface area contributed by atoms with Crippen LogP contribution in [0.15, 0.2) is 65.6 Å². The lowest BCUT2D eigenvalue weighted by molar-refractivity contribution is -0.138. The average molecular weight is 633 g/mol. The number of nitrogens with one attached hydrogen (secondary N) is 1. The van der Waals surface area contributed by atoms with Crippen molar-refractivity contribution in [1.29, 1.82) is 5.41 Å². The summed E-state index contributed by atoms with van der Waals surface area (Å²) in [5, 5.41) is 7.55. The van der Waals surface area contributed by atoms with Crippen LogP contribution in [0.25, 0.3) is 12.2 Å². The first-order valence-corrected chi connectivity index (χ1v) is 14.1. The number of nitrogens with zero attached hydrogens (tertiary/aromatic N) is 1. The molecule has 0 unspecified atom stereocenters. The molecule has 3 aromatic rings. The van der Waals surface area contributed by atoms with Crippen molar-refractivity contribution in [3.8, 4) is 5.75 Å². The Bertz CT molecular complexity index is 1620. The first-order valence-electron chi connectivity index (χ1n) is 12.3. The van der Waals surface area contributed by atoms with Gasteiger partial charge >= 0.3 is 12.4 Å². The van der Waals surface area contributed by atoms with Gasteiger partial charge in [-0.25, -0.2) is 8.42 Å². The number of rotatable bonds is 7. The second kappa shape index (κ2) is 11.9. The lowest BCUT2D eigenvalue weighted by Crippen LogP contribution is -2.43. The molecule has 1 atom stereocenters. The van der Waals surface area contributed by atoms with E-state index in [1.165, 1.54) is 43.5 Å². The van der Waals surface area contributed by atoms with Crippen LogP contribution >= 0.6 is 11.6 Å². The lowest BCUT2D eigenvalue weighted by Gasteiger charge is -2.36. The molecule has 0 saturated heterocycles. The van der Waals surface area contributed by atoms with Gasteiger partial charge in [0, 0.05) is 17.0 Å². The van der Waals surface area contributed by atoms with Gasteiger partial charge in [-0.15, -0.1) is 0 Å². The van der Waals surface area contributed by atoms with Crippen LogP contribution in [0.2, 0.25) is 5.02 Å². The molecule has 3 aromatic carbocycles. The highest BCUT2D eigenvalue weighted by Crippen LogP contribution is 2.41. The van der Waals surface area contributed by atoms with Crippen molar-refractivity contribution in [3.63, 3.8) is 0 Å². The van der Waals surface area contributed by atoms with Crippen LogP contribution < -0.4 is 9.04 Å². The first-order chi connectivity index (χ1) is 19.6. The summed E-state index contributed by atoms with van der Waals surface area (Å²) < 4.78 is 120. The Morgan fingerprint density at radius 3 is 2.43 bits per heavy atom. The Labute approximate surface area is 242 Å².